The lowest BCUT2D eigenvalue weighted by Crippen LogP contribution is -2.62. The number of nitrogens with zero attached hydrogens (tertiary/aromatic N) is 3. The Kier molecular flexibility index (Phi) is 4.35. The van der Waals surface area contributed by atoms with E-state index in [4.69, 9.17) is 9.47 Å². The normalized spacial score (nSPS) is 40.4. The van der Waals surface area contributed by atoms with Gasteiger partial charge in [0, 0.05) is 37.6 Å². The van der Waals surface area contributed by atoms with Crippen molar-refractivity contribution in [3.63, 3.8) is 0 Å². The molecule has 27 heavy (non-hydrogen) atoms. The monoisotopic (exact) mass is 377 g/mol. The molecule has 3 aliphatic heterocycles. The van der Waals surface area contributed by atoms with Gasteiger partial charge in [-0.05, 0) is 44.4 Å². The molecule has 5 aliphatic rings. The maximum Gasteiger partial charge on any atom is 0.410 e. The van der Waals surface area contributed by atoms with Gasteiger partial charge in [-0.3, -0.25) is 14.6 Å². The second-order valence-corrected chi connectivity index (χ2v) is 9.01. The highest BCUT2D eigenvalue weighted by atomic mass is 16.5. The molecule has 150 valence electrons. The molecular formula is C20H31N3O4. The van der Waals surface area contributed by atoms with Gasteiger partial charge in [0.25, 0.3) is 0 Å². The van der Waals surface area contributed by atoms with E-state index in [1.807, 2.05) is 4.90 Å². The number of methoxy groups -OCH3 is 1. The molecule has 2 bridgehead atoms. The van der Waals surface area contributed by atoms with Crippen LogP contribution in [0.3, 0.4) is 0 Å². The zero-order valence-corrected chi connectivity index (χ0v) is 16.4. The predicted molar refractivity (Wildman–Crippen MR) is 98.1 cm³/mol. The van der Waals surface area contributed by atoms with Crippen LogP contribution in [0.5, 0.6) is 0 Å². The fourth-order valence-electron chi connectivity index (χ4n) is 5.98. The van der Waals surface area contributed by atoms with E-state index in [0.717, 1.165) is 32.5 Å². The van der Waals surface area contributed by atoms with E-state index in [1.165, 1.54) is 20.0 Å². The van der Waals surface area contributed by atoms with E-state index in [9.17, 15) is 9.59 Å². The maximum atomic E-state index is 12.9. The van der Waals surface area contributed by atoms with Crippen LogP contribution in [0.15, 0.2) is 0 Å². The first-order valence-corrected chi connectivity index (χ1v) is 10.6. The molecule has 2 aliphatic carbocycles. The Morgan fingerprint density at radius 2 is 1.70 bits per heavy atom. The second-order valence-electron chi connectivity index (χ2n) is 9.01. The molecule has 7 heteroatoms. The van der Waals surface area contributed by atoms with Crippen molar-refractivity contribution in [2.75, 3.05) is 40.0 Å². The molecule has 0 aromatic carbocycles. The molecule has 0 radical (unpaired) electrons. The number of hydrogen-bond acceptors (Lipinski definition) is 5. The van der Waals surface area contributed by atoms with Crippen molar-refractivity contribution in [2.24, 2.45) is 17.8 Å². The Bertz CT molecular complexity index is 598. The number of rotatable bonds is 4. The SMILES string of the molecule is CCN(C(=O)C1[C@H]2CN(C3CC4COCC(C3)N4C(=O)OC)C[C@@H]12)C1CC1. The second kappa shape index (κ2) is 6.62. The van der Waals surface area contributed by atoms with Gasteiger partial charge in [-0.15, -0.1) is 0 Å². The first-order chi connectivity index (χ1) is 13.1. The predicted octanol–water partition coefficient (Wildman–Crippen LogP) is 1.17. The number of piperidine rings is 2. The van der Waals surface area contributed by atoms with E-state index in [0.29, 0.717) is 43.0 Å². The standard InChI is InChI=1S/C20H31N3O4/c1-3-22(12-4-5-12)19(24)18-16-8-21(9-17(16)18)13-6-14-10-27-11-15(7-13)23(14)20(25)26-2/h12-18H,3-11H2,1-2H3/t13?,14?,15?,16-,17+,18?. The van der Waals surface area contributed by atoms with Gasteiger partial charge in [-0.25, -0.2) is 4.79 Å². The Morgan fingerprint density at radius 1 is 1.07 bits per heavy atom. The van der Waals surface area contributed by atoms with Crippen molar-refractivity contribution in [2.45, 2.75) is 56.8 Å². The van der Waals surface area contributed by atoms with Gasteiger partial charge >= 0.3 is 6.09 Å². The molecule has 2 saturated carbocycles. The van der Waals surface area contributed by atoms with E-state index in [2.05, 4.69) is 16.7 Å². The maximum absolute atomic E-state index is 12.9. The van der Waals surface area contributed by atoms with Crippen molar-refractivity contribution in [3.05, 3.63) is 0 Å². The van der Waals surface area contributed by atoms with Crippen molar-refractivity contribution in [1.82, 2.24) is 14.7 Å². The third kappa shape index (κ3) is 2.94. The minimum atomic E-state index is -0.221. The summed E-state index contributed by atoms with van der Waals surface area (Å²) in [7, 11) is 1.46. The number of carbonyl (C=O) groups is 2. The average Bonchev–Trinajstić information content (AvgIpc) is 3.58. The van der Waals surface area contributed by atoms with Gasteiger partial charge < -0.3 is 14.4 Å². The van der Waals surface area contributed by atoms with E-state index < -0.39 is 0 Å². The number of morpholine rings is 1. The lowest BCUT2D eigenvalue weighted by molar-refractivity contribution is -0.134. The summed E-state index contributed by atoms with van der Waals surface area (Å²) in [6.07, 6.45) is 4.07. The van der Waals surface area contributed by atoms with E-state index >= 15 is 0 Å². The van der Waals surface area contributed by atoms with Crippen molar-refractivity contribution >= 4 is 12.0 Å². The topological polar surface area (TPSA) is 62.3 Å². The Labute approximate surface area is 160 Å². The smallest absolute Gasteiger partial charge is 0.410 e. The highest BCUT2D eigenvalue weighted by Crippen LogP contribution is 2.54. The summed E-state index contributed by atoms with van der Waals surface area (Å²) in [5.41, 5.74) is 0. The lowest BCUT2D eigenvalue weighted by atomic mass is 9.89. The van der Waals surface area contributed by atoms with Gasteiger partial charge in [0.05, 0.1) is 32.4 Å². The van der Waals surface area contributed by atoms with E-state index in [-0.39, 0.29) is 24.1 Å². The molecule has 5 atom stereocenters. The highest BCUT2D eigenvalue weighted by molar-refractivity contribution is 5.83. The zero-order valence-electron chi connectivity index (χ0n) is 16.4. The third-order valence-electron chi connectivity index (χ3n) is 7.52. The van der Waals surface area contributed by atoms with Gasteiger partial charge in [0.15, 0.2) is 0 Å². The summed E-state index contributed by atoms with van der Waals surface area (Å²) in [6, 6.07) is 1.27. The van der Waals surface area contributed by atoms with Crippen molar-refractivity contribution in [3.8, 4) is 0 Å². The molecule has 2 amide bonds. The summed E-state index contributed by atoms with van der Waals surface area (Å²) in [4.78, 5) is 31.6. The van der Waals surface area contributed by atoms with Gasteiger partial charge in [-0.2, -0.15) is 0 Å². The van der Waals surface area contributed by atoms with Crippen LogP contribution in [0.1, 0.15) is 32.6 Å². The minimum Gasteiger partial charge on any atom is -0.453 e. The number of likely N-dealkylation sites (tertiary alicyclic amines) is 1. The van der Waals surface area contributed by atoms with Crippen LogP contribution < -0.4 is 0 Å². The average molecular weight is 377 g/mol. The Balaban J connectivity index is 1.19. The molecule has 0 aromatic heterocycles. The van der Waals surface area contributed by atoms with Gasteiger partial charge in [0.2, 0.25) is 5.91 Å². The molecule has 5 rings (SSSR count). The van der Waals surface area contributed by atoms with Gasteiger partial charge in [-0.1, -0.05) is 0 Å². The highest BCUT2D eigenvalue weighted by Gasteiger charge is 2.62. The first kappa shape index (κ1) is 17.7. The number of ether oxygens (including phenoxy) is 2. The fourth-order valence-corrected chi connectivity index (χ4v) is 5.98. The van der Waals surface area contributed by atoms with Crippen LogP contribution in [0.25, 0.3) is 0 Å². The summed E-state index contributed by atoms with van der Waals surface area (Å²) < 4.78 is 10.7. The van der Waals surface area contributed by atoms with Crippen LogP contribution in [0.4, 0.5) is 4.79 Å². The largest absolute Gasteiger partial charge is 0.453 e. The first-order valence-electron chi connectivity index (χ1n) is 10.6. The molecule has 0 N–H and O–H groups in total. The van der Waals surface area contributed by atoms with Crippen molar-refractivity contribution in [1.29, 1.82) is 0 Å². The molecule has 3 heterocycles. The number of hydrogen-bond donors (Lipinski definition) is 0. The summed E-state index contributed by atoms with van der Waals surface area (Å²) in [5.74, 6) is 1.81. The molecule has 5 fully saturated rings. The summed E-state index contributed by atoms with van der Waals surface area (Å²) >= 11 is 0. The molecule has 0 spiro atoms. The Hall–Kier alpha value is -1.34. The van der Waals surface area contributed by atoms with Gasteiger partial charge in [0.1, 0.15) is 0 Å². The fraction of sp³-hybridized carbons (Fsp3) is 0.900. The molecule has 7 nitrogen and oxygen atoms in total. The quantitative estimate of drug-likeness (QED) is 0.736. The van der Waals surface area contributed by atoms with Crippen LogP contribution in [-0.2, 0) is 14.3 Å². The third-order valence-corrected chi connectivity index (χ3v) is 7.52. The lowest BCUT2D eigenvalue weighted by Gasteiger charge is -2.49. The van der Waals surface area contributed by atoms with Crippen LogP contribution in [0, 0.1) is 17.8 Å². The van der Waals surface area contributed by atoms with Crippen LogP contribution in [-0.4, -0.2) is 90.8 Å². The van der Waals surface area contributed by atoms with Crippen LogP contribution in [0.2, 0.25) is 0 Å². The van der Waals surface area contributed by atoms with Crippen molar-refractivity contribution < 1.29 is 19.1 Å². The van der Waals surface area contributed by atoms with Crippen LogP contribution >= 0.6 is 0 Å². The number of fused-ring (bicyclic) bond motifs is 3. The minimum absolute atomic E-state index is 0.120. The zero-order chi connectivity index (χ0) is 18.7. The Morgan fingerprint density at radius 3 is 2.22 bits per heavy atom. The summed E-state index contributed by atoms with van der Waals surface area (Å²) in [6.45, 7) is 6.28. The van der Waals surface area contributed by atoms with E-state index in [1.54, 1.807) is 0 Å². The molecule has 3 unspecified atom stereocenters. The summed E-state index contributed by atoms with van der Waals surface area (Å²) in [5, 5.41) is 0. The molecule has 3 saturated heterocycles. The number of carbonyl (C=O) groups excluding carboxylic acids is 2. The number of amides is 2. The molecule has 0 aromatic rings. The molecular weight excluding hydrogens is 346 g/mol.